The average molecular weight is 397 g/mol. The maximum atomic E-state index is 13.3. The van der Waals surface area contributed by atoms with Gasteiger partial charge >= 0.3 is 0 Å². The van der Waals surface area contributed by atoms with Crippen molar-refractivity contribution < 1.29 is 4.79 Å². The molecule has 28 heavy (non-hydrogen) atoms. The van der Waals surface area contributed by atoms with E-state index in [1.54, 1.807) is 11.3 Å². The van der Waals surface area contributed by atoms with Crippen LogP contribution in [-0.4, -0.2) is 57.1 Å². The predicted octanol–water partition coefficient (Wildman–Crippen LogP) is 4.19. The van der Waals surface area contributed by atoms with E-state index in [1.807, 2.05) is 62.3 Å². The minimum atomic E-state index is -0.0133. The van der Waals surface area contributed by atoms with Crippen LogP contribution in [0.25, 0.3) is 10.2 Å². The normalized spacial score (nSPS) is 11.2. The smallest absolute Gasteiger partial charge is 0.260 e. The average Bonchev–Trinajstić information content (AvgIpc) is 3.09. The molecule has 0 saturated carbocycles. The fraction of sp³-hybridized carbons (Fsp3) is 0.364. The molecule has 0 aliphatic heterocycles. The van der Waals surface area contributed by atoms with Crippen LogP contribution in [0, 0.1) is 13.8 Å². The van der Waals surface area contributed by atoms with Crippen LogP contribution in [0.15, 0.2) is 36.4 Å². The Labute approximate surface area is 171 Å². The first kappa shape index (κ1) is 20.3. The van der Waals surface area contributed by atoms with Crippen LogP contribution < -0.4 is 9.80 Å². The number of anilines is 2. The van der Waals surface area contributed by atoms with E-state index in [0.717, 1.165) is 27.6 Å². The first-order valence-corrected chi connectivity index (χ1v) is 10.2. The summed E-state index contributed by atoms with van der Waals surface area (Å²) in [6.07, 6.45) is 0. The topological polar surface area (TPSA) is 39.7 Å². The van der Waals surface area contributed by atoms with Crippen LogP contribution in [0.3, 0.4) is 0 Å². The third kappa shape index (κ3) is 4.18. The van der Waals surface area contributed by atoms with Crippen LogP contribution in [0.2, 0.25) is 0 Å². The number of thiazole rings is 1. The van der Waals surface area contributed by atoms with Crippen molar-refractivity contribution in [3.8, 4) is 0 Å². The Morgan fingerprint density at radius 2 is 1.64 bits per heavy atom. The minimum Gasteiger partial charge on any atom is -0.378 e. The molecule has 0 unspecified atom stereocenters. The molecule has 3 aromatic rings. The second kappa shape index (κ2) is 8.29. The van der Waals surface area contributed by atoms with Crippen molar-refractivity contribution in [1.82, 2.24) is 9.88 Å². The maximum Gasteiger partial charge on any atom is 0.260 e. The minimum absolute atomic E-state index is 0.0133. The SMILES string of the molecule is Cc1ccc2sc(N(CCN(C)C)C(=O)c3ccc(N(C)C)cc3)nc2c1C. The van der Waals surface area contributed by atoms with E-state index in [1.165, 1.54) is 11.1 Å². The van der Waals surface area contributed by atoms with Gasteiger partial charge in [-0.15, -0.1) is 0 Å². The van der Waals surface area contributed by atoms with E-state index in [2.05, 4.69) is 30.9 Å². The molecule has 0 aliphatic carbocycles. The van der Waals surface area contributed by atoms with Gasteiger partial charge in [0.2, 0.25) is 0 Å². The molecule has 3 rings (SSSR count). The summed E-state index contributed by atoms with van der Waals surface area (Å²) >= 11 is 1.58. The zero-order valence-electron chi connectivity index (χ0n) is 17.5. The fourth-order valence-electron chi connectivity index (χ4n) is 2.97. The first-order valence-electron chi connectivity index (χ1n) is 9.38. The summed E-state index contributed by atoms with van der Waals surface area (Å²) in [4.78, 5) is 24.1. The van der Waals surface area contributed by atoms with Crippen molar-refractivity contribution in [3.63, 3.8) is 0 Å². The Bertz CT molecular complexity index is 976. The van der Waals surface area contributed by atoms with Crippen LogP contribution in [0.4, 0.5) is 10.8 Å². The van der Waals surface area contributed by atoms with Crippen LogP contribution in [-0.2, 0) is 0 Å². The number of hydrogen-bond donors (Lipinski definition) is 0. The summed E-state index contributed by atoms with van der Waals surface area (Å²) in [5.41, 5.74) is 5.13. The lowest BCUT2D eigenvalue weighted by Gasteiger charge is -2.22. The lowest BCUT2D eigenvalue weighted by Crippen LogP contribution is -2.36. The highest BCUT2D eigenvalue weighted by Crippen LogP contribution is 2.32. The van der Waals surface area contributed by atoms with E-state index in [0.29, 0.717) is 12.1 Å². The summed E-state index contributed by atoms with van der Waals surface area (Å²) < 4.78 is 1.11. The van der Waals surface area contributed by atoms with Crippen molar-refractivity contribution in [1.29, 1.82) is 0 Å². The molecular weight excluding hydrogens is 368 g/mol. The zero-order valence-corrected chi connectivity index (χ0v) is 18.3. The van der Waals surface area contributed by atoms with E-state index in [4.69, 9.17) is 4.98 Å². The van der Waals surface area contributed by atoms with Gasteiger partial charge in [0.25, 0.3) is 5.91 Å². The molecule has 0 N–H and O–H groups in total. The number of fused-ring (bicyclic) bond motifs is 1. The Morgan fingerprint density at radius 1 is 0.964 bits per heavy atom. The van der Waals surface area contributed by atoms with Crippen molar-refractivity contribution in [2.45, 2.75) is 13.8 Å². The highest BCUT2D eigenvalue weighted by atomic mass is 32.1. The maximum absolute atomic E-state index is 13.3. The van der Waals surface area contributed by atoms with Gasteiger partial charge < -0.3 is 9.80 Å². The second-order valence-electron chi connectivity index (χ2n) is 7.55. The second-order valence-corrected chi connectivity index (χ2v) is 8.56. The predicted molar refractivity (Wildman–Crippen MR) is 120 cm³/mol. The quantitative estimate of drug-likeness (QED) is 0.626. The molecular formula is C22H28N4OS. The number of rotatable bonds is 6. The summed E-state index contributed by atoms with van der Waals surface area (Å²) in [5.74, 6) is -0.0133. The number of carbonyl (C=O) groups excluding carboxylic acids is 1. The summed E-state index contributed by atoms with van der Waals surface area (Å²) in [5, 5.41) is 0.757. The van der Waals surface area contributed by atoms with Crippen LogP contribution >= 0.6 is 11.3 Å². The van der Waals surface area contributed by atoms with Crippen molar-refractivity contribution in [3.05, 3.63) is 53.1 Å². The molecule has 0 spiro atoms. The van der Waals surface area contributed by atoms with Crippen molar-refractivity contribution in [2.24, 2.45) is 0 Å². The molecule has 1 amide bonds. The van der Waals surface area contributed by atoms with Crippen LogP contribution in [0.5, 0.6) is 0 Å². The van der Waals surface area contributed by atoms with Gasteiger partial charge in [0.15, 0.2) is 5.13 Å². The molecule has 0 fully saturated rings. The molecule has 1 heterocycles. The number of aromatic nitrogens is 1. The Kier molecular flexibility index (Phi) is 6.01. The molecule has 0 aliphatic rings. The van der Waals surface area contributed by atoms with Crippen molar-refractivity contribution in [2.75, 3.05) is 51.1 Å². The molecule has 0 saturated heterocycles. The van der Waals surface area contributed by atoms with Crippen LogP contribution in [0.1, 0.15) is 21.5 Å². The molecule has 6 heteroatoms. The fourth-order valence-corrected chi connectivity index (χ4v) is 4.02. The number of amides is 1. The zero-order chi connectivity index (χ0) is 20.4. The first-order chi connectivity index (χ1) is 13.3. The molecule has 0 atom stereocenters. The van der Waals surface area contributed by atoms with Gasteiger partial charge in [0.1, 0.15) is 0 Å². The Hall–Kier alpha value is -2.44. The van der Waals surface area contributed by atoms with Gasteiger partial charge in [0, 0.05) is 38.4 Å². The number of likely N-dealkylation sites (N-methyl/N-ethyl adjacent to an activating group) is 1. The highest BCUT2D eigenvalue weighted by molar-refractivity contribution is 7.22. The summed E-state index contributed by atoms with van der Waals surface area (Å²) in [6, 6.07) is 11.9. The van der Waals surface area contributed by atoms with Gasteiger partial charge in [-0.05, 0) is 69.4 Å². The monoisotopic (exact) mass is 396 g/mol. The summed E-state index contributed by atoms with van der Waals surface area (Å²) in [6.45, 7) is 5.55. The lowest BCUT2D eigenvalue weighted by atomic mass is 10.1. The molecule has 2 aromatic carbocycles. The molecule has 148 valence electrons. The number of hydrogen-bond acceptors (Lipinski definition) is 5. The van der Waals surface area contributed by atoms with E-state index < -0.39 is 0 Å². The third-order valence-electron chi connectivity index (χ3n) is 4.95. The van der Waals surface area contributed by atoms with Gasteiger partial charge in [-0.1, -0.05) is 17.4 Å². The Morgan fingerprint density at radius 3 is 2.25 bits per heavy atom. The van der Waals surface area contributed by atoms with Crippen molar-refractivity contribution >= 4 is 38.3 Å². The largest absolute Gasteiger partial charge is 0.378 e. The van der Waals surface area contributed by atoms with Gasteiger partial charge in [-0.2, -0.15) is 0 Å². The van der Waals surface area contributed by atoms with Gasteiger partial charge in [-0.25, -0.2) is 4.98 Å². The highest BCUT2D eigenvalue weighted by Gasteiger charge is 2.22. The molecule has 1 aromatic heterocycles. The summed E-state index contributed by atoms with van der Waals surface area (Å²) in [7, 11) is 8.01. The molecule has 5 nitrogen and oxygen atoms in total. The third-order valence-corrected chi connectivity index (χ3v) is 5.99. The standard InChI is InChI=1S/C22H28N4OS/c1-15-7-12-19-20(16(15)2)23-22(28-19)26(14-13-24(3)4)21(27)17-8-10-18(11-9-17)25(5)6/h7-12H,13-14H2,1-6H3. The Balaban J connectivity index is 1.98. The lowest BCUT2D eigenvalue weighted by molar-refractivity contribution is 0.0985. The van der Waals surface area contributed by atoms with Gasteiger partial charge in [0.05, 0.1) is 10.2 Å². The number of benzene rings is 2. The molecule has 0 bridgehead atoms. The number of nitrogens with zero attached hydrogens (tertiary/aromatic N) is 4. The van der Waals surface area contributed by atoms with E-state index in [-0.39, 0.29) is 5.91 Å². The molecule has 0 radical (unpaired) electrons. The number of carbonyl (C=O) groups is 1. The van der Waals surface area contributed by atoms with E-state index >= 15 is 0 Å². The van der Waals surface area contributed by atoms with Gasteiger partial charge in [-0.3, -0.25) is 9.69 Å². The number of aryl methyl sites for hydroxylation is 2. The van der Waals surface area contributed by atoms with E-state index in [9.17, 15) is 4.79 Å².